The molecule has 1 aromatic rings. The van der Waals surface area contributed by atoms with E-state index in [9.17, 15) is 9.18 Å². The summed E-state index contributed by atoms with van der Waals surface area (Å²) in [6.07, 6.45) is 0.146. The molecule has 0 aliphatic carbocycles. The van der Waals surface area contributed by atoms with Crippen LogP contribution in [0.15, 0.2) is 16.6 Å². The van der Waals surface area contributed by atoms with E-state index >= 15 is 0 Å². The van der Waals surface area contributed by atoms with Crippen LogP contribution in [0, 0.1) is 5.82 Å². The number of rotatable bonds is 0. The van der Waals surface area contributed by atoms with E-state index in [0.29, 0.717) is 23.1 Å². The number of carbonyl (C=O) groups is 1. The molecule has 0 atom stereocenters. The molecule has 3 nitrogen and oxygen atoms in total. The van der Waals surface area contributed by atoms with Crippen LogP contribution in [0.2, 0.25) is 0 Å². The summed E-state index contributed by atoms with van der Waals surface area (Å²) >= 11 is 3.25. The molecule has 2 rings (SSSR count). The van der Waals surface area contributed by atoms with Gasteiger partial charge in [-0.05, 0) is 44.9 Å². The van der Waals surface area contributed by atoms with Gasteiger partial charge in [0, 0.05) is 11.0 Å². The maximum Gasteiger partial charge on any atom is 0.414 e. The van der Waals surface area contributed by atoms with E-state index in [-0.39, 0.29) is 0 Å². The van der Waals surface area contributed by atoms with Crippen LogP contribution in [-0.4, -0.2) is 18.2 Å². The van der Waals surface area contributed by atoms with Crippen LogP contribution in [0.3, 0.4) is 0 Å². The van der Waals surface area contributed by atoms with Crippen molar-refractivity contribution < 1.29 is 13.9 Å². The van der Waals surface area contributed by atoms with Crippen molar-refractivity contribution >= 4 is 27.7 Å². The maximum absolute atomic E-state index is 13.9. The molecule has 0 bridgehead atoms. The van der Waals surface area contributed by atoms with E-state index in [4.69, 9.17) is 4.74 Å². The molecule has 1 amide bonds. The van der Waals surface area contributed by atoms with Crippen molar-refractivity contribution in [2.24, 2.45) is 0 Å². The Bertz CT molecular complexity index is 496. The molecule has 0 saturated heterocycles. The lowest BCUT2D eigenvalue weighted by Gasteiger charge is -2.25. The normalized spacial score (nSPS) is 14.6. The molecule has 98 valence electrons. The minimum absolute atomic E-state index is 0.340. The molecule has 0 unspecified atom stereocenters. The Morgan fingerprint density at radius 1 is 1.44 bits per heavy atom. The fourth-order valence-corrected chi connectivity index (χ4v) is 2.43. The lowest BCUT2D eigenvalue weighted by Crippen LogP contribution is -2.36. The fourth-order valence-electron chi connectivity index (χ4n) is 1.96. The zero-order valence-corrected chi connectivity index (χ0v) is 12.2. The molecule has 1 aliphatic heterocycles. The molecule has 0 radical (unpaired) electrons. The van der Waals surface area contributed by atoms with Gasteiger partial charge in [0.05, 0.1) is 5.69 Å². The van der Waals surface area contributed by atoms with Gasteiger partial charge < -0.3 is 4.74 Å². The molecule has 0 spiro atoms. The van der Waals surface area contributed by atoms with Crippen molar-refractivity contribution in [3.05, 3.63) is 28.0 Å². The molecule has 0 N–H and O–H groups in total. The SMILES string of the molecule is CC(C)(C)OC(=O)N1CCc2cc(Br)cc(F)c21. The maximum atomic E-state index is 13.9. The monoisotopic (exact) mass is 315 g/mol. The van der Waals surface area contributed by atoms with E-state index < -0.39 is 17.5 Å². The van der Waals surface area contributed by atoms with Gasteiger partial charge in [-0.1, -0.05) is 15.9 Å². The number of carbonyl (C=O) groups excluding carboxylic acids is 1. The van der Waals surface area contributed by atoms with Crippen LogP contribution in [0.5, 0.6) is 0 Å². The molecule has 0 fully saturated rings. The van der Waals surface area contributed by atoms with Crippen molar-refractivity contribution in [1.82, 2.24) is 0 Å². The minimum Gasteiger partial charge on any atom is -0.443 e. The third-order valence-corrected chi connectivity index (χ3v) is 3.05. The first-order chi connectivity index (χ1) is 8.28. The van der Waals surface area contributed by atoms with Gasteiger partial charge >= 0.3 is 6.09 Å². The average molecular weight is 316 g/mol. The summed E-state index contributed by atoms with van der Waals surface area (Å²) in [6, 6.07) is 3.20. The van der Waals surface area contributed by atoms with Crippen molar-refractivity contribution in [3.8, 4) is 0 Å². The highest BCUT2D eigenvalue weighted by atomic mass is 79.9. The zero-order valence-electron chi connectivity index (χ0n) is 10.6. The Labute approximate surface area is 114 Å². The average Bonchev–Trinajstić information content (AvgIpc) is 2.58. The van der Waals surface area contributed by atoms with Crippen molar-refractivity contribution in [2.75, 3.05) is 11.4 Å². The lowest BCUT2D eigenvalue weighted by atomic mass is 10.1. The number of anilines is 1. The fraction of sp³-hybridized carbons (Fsp3) is 0.462. The summed E-state index contributed by atoms with van der Waals surface area (Å²) in [5.74, 6) is -0.400. The van der Waals surface area contributed by atoms with E-state index in [1.165, 1.54) is 11.0 Å². The molecular formula is C13H15BrFNO2. The van der Waals surface area contributed by atoms with Crippen LogP contribution in [-0.2, 0) is 11.2 Å². The number of benzene rings is 1. The van der Waals surface area contributed by atoms with Gasteiger partial charge in [-0.15, -0.1) is 0 Å². The summed E-state index contributed by atoms with van der Waals surface area (Å²) in [7, 11) is 0. The van der Waals surface area contributed by atoms with Gasteiger partial charge in [-0.25, -0.2) is 9.18 Å². The Kier molecular flexibility index (Phi) is 3.36. The quantitative estimate of drug-likeness (QED) is 0.727. The third kappa shape index (κ3) is 2.66. The van der Waals surface area contributed by atoms with Crippen LogP contribution < -0.4 is 4.90 Å². The van der Waals surface area contributed by atoms with Crippen molar-refractivity contribution in [3.63, 3.8) is 0 Å². The van der Waals surface area contributed by atoms with Crippen LogP contribution >= 0.6 is 15.9 Å². The second-order valence-electron chi connectivity index (χ2n) is 5.28. The van der Waals surface area contributed by atoms with E-state index in [2.05, 4.69) is 15.9 Å². The van der Waals surface area contributed by atoms with Gasteiger partial charge in [0.2, 0.25) is 0 Å². The lowest BCUT2D eigenvalue weighted by molar-refractivity contribution is 0.0583. The van der Waals surface area contributed by atoms with E-state index in [0.717, 1.165) is 5.56 Å². The number of amides is 1. The number of nitrogens with zero attached hydrogens (tertiary/aromatic N) is 1. The third-order valence-electron chi connectivity index (χ3n) is 2.60. The first-order valence-corrected chi connectivity index (χ1v) is 6.56. The smallest absolute Gasteiger partial charge is 0.414 e. The Morgan fingerprint density at radius 3 is 2.72 bits per heavy atom. The molecule has 0 saturated carbocycles. The predicted octanol–water partition coefficient (Wildman–Crippen LogP) is 3.89. The van der Waals surface area contributed by atoms with Gasteiger partial charge in [0.15, 0.2) is 0 Å². The molecule has 0 aromatic heterocycles. The van der Waals surface area contributed by atoms with Gasteiger partial charge in [-0.3, -0.25) is 4.90 Å². The Hall–Kier alpha value is -1.10. The van der Waals surface area contributed by atoms with Crippen molar-refractivity contribution in [1.29, 1.82) is 0 Å². The molecule has 1 aliphatic rings. The molecule has 1 heterocycles. The molecular weight excluding hydrogens is 301 g/mol. The zero-order chi connectivity index (χ0) is 13.5. The van der Waals surface area contributed by atoms with E-state index in [1.807, 2.05) is 6.07 Å². The molecule has 18 heavy (non-hydrogen) atoms. The van der Waals surface area contributed by atoms with Crippen LogP contribution in [0.1, 0.15) is 26.3 Å². The van der Waals surface area contributed by atoms with Gasteiger partial charge in [0.25, 0.3) is 0 Å². The predicted molar refractivity (Wildman–Crippen MR) is 71.4 cm³/mol. The van der Waals surface area contributed by atoms with E-state index in [1.54, 1.807) is 20.8 Å². The second kappa shape index (κ2) is 4.53. The number of ether oxygens (including phenoxy) is 1. The van der Waals surface area contributed by atoms with Gasteiger partial charge in [0.1, 0.15) is 11.4 Å². The first-order valence-electron chi connectivity index (χ1n) is 5.76. The number of fused-ring (bicyclic) bond motifs is 1. The minimum atomic E-state index is -0.578. The summed E-state index contributed by atoms with van der Waals surface area (Å²) in [6.45, 7) is 5.83. The summed E-state index contributed by atoms with van der Waals surface area (Å²) in [4.78, 5) is 13.3. The standard InChI is InChI=1S/C13H15BrFNO2/c1-13(2,3)18-12(17)16-5-4-8-6-9(14)7-10(15)11(8)16/h6-7H,4-5H2,1-3H3. The highest BCUT2D eigenvalue weighted by Crippen LogP contribution is 2.34. The van der Waals surface area contributed by atoms with Crippen LogP contribution in [0.4, 0.5) is 14.9 Å². The summed E-state index contributed by atoms with van der Waals surface area (Å²) < 4.78 is 19.9. The largest absolute Gasteiger partial charge is 0.443 e. The summed E-state index contributed by atoms with van der Waals surface area (Å²) in [5, 5.41) is 0. The summed E-state index contributed by atoms with van der Waals surface area (Å²) in [5.41, 5.74) is 0.589. The van der Waals surface area contributed by atoms with Crippen molar-refractivity contribution in [2.45, 2.75) is 32.8 Å². The molecule has 1 aromatic carbocycles. The molecule has 5 heteroatoms. The second-order valence-corrected chi connectivity index (χ2v) is 6.19. The van der Waals surface area contributed by atoms with Gasteiger partial charge in [-0.2, -0.15) is 0 Å². The number of hydrogen-bond donors (Lipinski definition) is 0. The Balaban J connectivity index is 2.29. The number of hydrogen-bond acceptors (Lipinski definition) is 2. The number of halogens is 2. The highest BCUT2D eigenvalue weighted by molar-refractivity contribution is 9.10. The van der Waals surface area contributed by atoms with Crippen LogP contribution in [0.25, 0.3) is 0 Å². The topological polar surface area (TPSA) is 29.5 Å². The highest BCUT2D eigenvalue weighted by Gasteiger charge is 2.31. The first kappa shape index (κ1) is 13.3. The Morgan fingerprint density at radius 2 is 2.11 bits per heavy atom.